The van der Waals surface area contributed by atoms with Gasteiger partial charge in [-0.05, 0) is 56.0 Å². The van der Waals surface area contributed by atoms with Crippen LogP contribution in [-0.4, -0.2) is 28.5 Å². The highest BCUT2D eigenvalue weighted by atomic mass is 19.1. The van der Waals surface area contributed by atoms with E-state index in [0.717, 1.165) is 23.1 Å². The molecule has 1 amide bonds. The summed E-state index contributed by atoms with van der Waals surface area (Å²) >= 11 is 0. The summed E-state index contributed by atoms with van der Waals surface area (Å²) in [4.78, 5) is 24.1. The number of halogens is 1. The van der Waals surface area contributed by atoms with Gasteiger partial charge in [0.1, 0.15) is 11.6 Å². The number of carbonyl (C=O) groups is 1. The zero-order valence-electron chi connectivity index (χ0n) is 21.2. The van der Waals surface area contributed by atoms with Crippen molar-refractivity contribution in [3.63, 3.8) is 0 Å². The minimum absolute atomic E-state index is 0.0266. The number of hydrogen-bond donors (Lipinski definition) is 2. The first kappa shape index (κ1) is 25.1. The lowest BCUT2D eigenvalue weighted by Gasteiger charge is -2.22. The van der Waals surface area contributed by atoms with Crippen molar-refractivity contribution in [2.75, 3.05) is 16.8 Å². The molecule has 1 aliphatic heterocycles. The van der Waals surface area contributed by atoms with Crippen molar-refractivity contribution in [3.05, 3.63) is 94.8 Å². The number of nitrogens with zero attached hydrogens (tertiary/aromatic N) is 3. The van der Waals surface area contributed by atoms with Gasteiger partial charge in [-0.2, -0.15) is 4.98 Å². The third kappa shape index (κ3) is 5.64. The summed E-state index contributed by atoms with van der Waals surface area (Å²) in [5, 5.41) is 6.34. The first-order chi connectivity index (χ1) is 17.4. The van der Waals surface area contributed by atoms with Crippen LogP contribution in [0.1, 0.15) is 38.3 Å². The summed E-state index contributed by atoms with van der Waals surface area (Å²) in [7, 11) is 0. The molecular formula is C29H32FN5O. The van der Waals surface area contributed by atoms with Crippen molar-refractivity contribution >= 4 is 23.4 Å². The van der Waals surface area contributed by atoms with Crippen LogP contribution in [0.25, 0.3) is 0 Å². The van der Waals surface area contributed by atoms with Gasteiger partial charge in [0.15, 0.2) is 0 Å². The first-order valence-electron chi connectivity index (χ1n) is 12.3. The van der Waals surface area contributed by atoms with E-state index >= 15 is 0 Å². The Morgan fingerprint density at radius 1 is 1.31 bits per heavy atom. The molecule has 2 heterocycles. The molecule has 6 nitrogen and oxygen atoms in total. The third-order valence-electron chi connectivity index (χ3n) is 6.39. The molecule has 1 aromatic carbocycles. The molecule has 0 saturated carbocycles. The molecule has 186 valence electrons. The predicted molar refractivity (Wildman–Crippen MR) is 143 cm³/mol. The Bertz CT molecular complexity index is 1300. The number of aryl methyl sites for hydroxylation is 1. The van der Waals surface area contributed by atoms with E-state index in [4.69, 9.17) is 0 Å². The molecule has 7 heteroatoms. The molecule has 2 unspecified atom stereocenters. The summed E-state index contributed by atoms with van der Waals surface area (Å²) in [6.07, 6.45) is 14.8. The van der Waals surface area contributed by atoms with E-state index in [0.29, 0.717) is 36.0 Å². The van der Waals surface area contributed by atoms with E-state index < -0.39 is 0 Å². The molecule has 2 aliphatic rings. The molecule has 0 fully saturated rings. The maximum Gasteiger partial charge on any atom is 0.229 e. The fraction of sp³-hybridized carbons (Fsp3) is 0.310. The van der Waals surface area contributed by atoms with Crippen LogP contribution in [0.15, 0.2) is 77.9 Å². The normalized spacial score (nSPS) is 17.5. The standard InChI is InChI=1S/C29H32FN5O/c1-5-23-24(30)11-8-12-26(23)33-29-31-17-20(4)27(34-29)35-16-15-22(18-35)28(36)32-25(6-2)21-10-7-9-19(3)13-14-21/h7-12,14-17,22,25H,5-6,18H2,1-4H3,(H,32,36)(H,31,33,34). The van der Waals surface area contributed by atoms with Gasteiger partial charge in [0.25, 0.3) is 0 Å². The summed E-state index contributed by atoms with van der Waals surface area (Å²) in [6.45, 7) is 8.38. The second-order valence-electron chi connectivity index (χ2n) is 9.01. The number of amides is 1. The highest BCUT2D eigenvalue weighted by Gasteiger charge is 2.27. The topological polar surface area (TPSA) is 70.2 Å². The Morgan fingerprint density at radius 3 is 2.92 bits per heavy atom. The van der Waals surface area contributed by atoms with Gasteiger partial charge in [-0.1, -0.05) is 44.2 Å². The van der Waals surface area contributed by atoms with Crippen molar-refractivity contribution in [2.24, 2.45) is 5.92 Å². The molecule has 36 heavy (non-hydrogen) atoms. The lowest BCUT2D eigenvalue weighted by Crippen LogP contribution is -2.40. The minimum Gasteiger partial charge on any atom is -0.349 e. The fourth-order valence-electron chi connectivity index (χ4n) is 4.32. The fourth-order valence-corrected chi connectivity index (χ4v) is 4.32. The van der Waals surface area contributed by atoms with Crippen LogP contribution in [-0.2, 0) is 11.2 Å². The molecule has 2 aromatic rings. The Kier molecular flexibility index (Phi) is 7.81. The summed E-state index contributed by atoms with van der Waals surface area (Å²) < 4.78 is 14.2. The van der Waals surface area contributed by atoms with Crippen molar-refractivity contribution in [1.29, 1.82) is 0 Å². The van der Waals surface area contributed by atoms with E-state index in [-0.39, 0.29) is 23.7 Å². The predicted octanol–water partition coefficient (Wildman–Crippen LogP) is 5.67. The lowest BCUT2D eigenvalue weighted by molar-refractivity contribution is -0.123. The number of allylic oxidation sites excluding steroid dienone is 3. The van der Waals surface area contributed by atoms with E-state index in [1.54, 1.807) is 12.3 Å². The van der Waals surface area contributed by atoms with Crippen LogP contribution in [0.5, 0.6) is 0 Å². The maximum absolute atomic E-state index is 14.2. The van der Waals surface area contributed by atoms with E-state index in [9.17, 15) is 9.18 Å². The molecule has 1 aromatic heterocycles. The second-order valence-corrected chi connectivity index (χ2v) is 9.01. The van der Waals surface area contributed by atoms with Crippen LogP contribution in [0.4, 0.5) is 21.8 Å². The number of rotatable bonds is 8. The second kappa shape index (κ2) is 11.2. The van der Waals surface area contributed by atoms with Gasteiger partial charge in [0.05, 0.1) is 12.0 Å². The molecule has 2 atom stereocenters. The number of anilines is 3. The Balaban J connectivity index is 1.46. The summed E-state index contributed by atoms with van der Waals surface area (Å²) in [5.41, 5.74) is 7.44. The average molecular weight is 486 g/mol. The third-order valence-corrected chi connectivity index (χ3v) is 6.39. The van der Waals surface area contributed by atoms with E-state index in [1.807, 2.05) is 68.3 Å². The van der Waals surface area contributed by atoms with Crippen LogP contribution < -0.4 is 15.5 Å². The van der Waals surface area contributed by atoms with Crippen LogP contribution >= 0.6 is 0 Å². The number of nitrogens with one attached hydrogen (secondary N) is 2. The maximum atomic E-state index is 14.2. The Hall–Kier alpha value is -3.96. The summed E-state index contributed by atoms with van der Waals surface area (Å²) in [6, 6.07) is 4.85. The van der Waals surface area contributed by atoms with Gasteiger partial charge < -0.3 is 15.5 Å². The largest absolute Gasteiger partial charge is 0.349 e. The highest BCUT2D eigenvalue weighted by Crippen LogP contribution is 2.27. The number of carbonyl (C=O) groups excluding carboxylic acids is 1. The van der Waals surface area contributed by atoms with Crippen molar-refractivity contribution < 1.29 is 9.18 Å². The Labute approximate surface area is 212 Å². The lowest BCUT2D eigenvalue weighted by atomic mass is 10.0. The van der Waals surface area contributed by atoms with E-state index in [1.165, 1.54) is 6.07 Å². The molecule has 2 N–H and O–H groups in total. The Morgan fingerprint density at radius 2 is 2.14 bits per heavy atom. The average Bonchev–Trinajstić information content (AvgIpc) is 3.26. The monoisotopic (exact) mass is 485 g/mol. The number of benzene rings is 1. The van der Waals surface area contributed by atoms with Crippen LogP contribution in [0.2, 0.25) is 0 Å². The first-order valence-corrected chi connectivity index (χ1v) is 12.3. The van der Waals surface area contributed by atoms with Crippen molar-refractivity contribution in [1.82, 2.24) is 15.3 Å². The van der Waals surface area contributed by atoms with Crippen molar-refractivity contribution in [3.8, 4) is 0 Å². The zero-order chi connectivity index (χ0) is 25.7. The van der Waals surface area contributed by atoms with E-state index in [2.05, 4.69) is 33.3 Å². The SMILES string of the molecule is CCc1c(F)cccc1Nc1ncc(C)c(N2C=CC(C(=O)NC(CC)C3=CC=CC(C)=C=C3)C2)n1. The minimum atomic E-state index is -0.303. The van der Waals surface area contributed by atoms with Crippen LogP contribution in [0, 0.1) is 18.7 Å². The molecule has 1 aliphatic carbocycles. The quantitative estimate of drug-likeness (QED) is 0.472. The summed E-state index contributed by atoms with van der Waals surface area (Å²) in [5.74, 6) is 0.505. The van der Waals surface area contributed by atoms with Gasteiger partial charge in [-0.15, -0.1) is 5.73 Å². The van der Waals surface area contributed by atoms with Crippen molar-refractivity contribution in [2.45, 2.75) is 46.6 Å². The highest BCUT2D eigenvalue weighted by molar-refractivity contribution is 5.83. The molecular weight excluding hydrogens is 453 g/mol. The molecule has 0 bridgehead atoms. The van der Waals surface area contributed by atoms with Gasteiger partial charge in [0.2, 0.25) is 11.9 Å². The smallest absolute Gasteiger partial charge is 0.229 e. The van der Waals surface area contributed by atoms with Crippen LogP contribution in [0.3, 0.4) is 0 Å². The number of aromatic nitrogens is 2. The number of hydrogen-bond acceptors (Lipinski definition) is 5. The molecule has 0 spiro atoms. The van der Waals surface area contributed by atoms with Gasteiger partial charge >= 0.3 is 0 Å². The zero-order valence-corrected chi connectivity index (χ0v) is 21.2. The van der Waals surface area contributed by atoms with Gasteiger partial charge in [0, 0.05) is 35.8 Å². The molecule has 0 saturated heterocycles. The van der Waals surface area contributed by atoms with Gasteiger partial charge in [-0.25, -0.2) is 9.37 Å². The molecule has 0 radical (unpaired) electrons. The van der Waals surface area contributed by atoms with Gasteiger partial charge in [-0.3, -0.25) is 4.79 Å². The molecule has 4 rings (SSSR count).